The summed E-state index contributed by atoms with van der Waals surface area (Å²) in [6, 6.07) is 14.4. The fourth-order valence-corrected chi connectivity index (χ4v) is 4.62. The molecule has 2 aliphatic rings. The molecule has 2 aromatic rings. The minimum Gasteiger partial charge on any atom is -0.469 e. The molecule has 5 heteroatoms. The Labute approximate surface area is 166 Å². The highest BCUT2D eigenvalue weighted by molar-refractivity contribution is 5.80. The van der Waals surface area contributed by atoms with E-state index in [-0.39, 0.29) is 17.4 Å². The third kappa shape index (κ3) is 4.29. The summed E-state index contributed by atoms with van der Waals surface area (Å²) in [5.74, 6) is 1.68. The van der Waals surface area contributed by atoms with Crippen molar-refractivity contribution in [3.63, 3.8) is 0 Å². The number of benzene rings is 1. The van der Waals surface area contributed by atoms with Gasteiger partial charge >= 0.3 is 0 Å². The number of likely N-dealkylation sites (tertiary alicyclic amines) is 1. The molecule has 2 fully saturated rings. The number of rotatable bonds is 6. The lowest BCUT2D eigenvalue weighted by Crippen LogP contribution is -2.45. The first kappa shape index (κ1) is 18.8. The standard InChI is InChI=1S/C23H28N2O3/c26-21-8-12-23(24-21,17-20-7-4-16-28-20)13-9-22(27)25-14-10-19(11-15-25)18-5-2-1-3-6-18/h1-7,16,19H,8-15,17H2,(H,24,26)/t23-/m0/s1. The van der Waals surface area contributed by atoms with Crippen molar-refractivity contribution in [2.75, 3.05) is 13.1 Å². The highest BCUT2D eigenvalue weighted by Crippen LogP contribution is 2.31. The van der Waals surface area contributed by atoms with Crippen molar-refractivity contribution in [1.82, 2.24) is 10.2 Å². The summed E-state index contributed by atoms with van der Waals surface area (Å²) in [5.41, 5.74) is 1.02. The highest BCUT2D eigenvalue weighted by Gasteiger charge is 2.39. The molecule has 2 aliphatic heterocycles. The van der Waals surface area contributed by atoms with Gasteiger partial charge in [0.15, 0.2) is 0 Å². The molecule has 28 heavy (non-hydrogen) atoms. The smallest absolute Gasteiger partial charge is 0.222 e. The minimum atomic E-state index is -0.354. The van der Waals surface area contributed by atoms with Gasteiger partial charge in [-0.15, -0.1) is 0 Å². The Morgan fingerprint density at radius 1 is 1.14 bits per heavy atom. The molecular weight excluding hydrogens is 352 g/mol. The van der Waals surface area contributed by atoms with E-state index in [4.69, 9.17) is 4.42 Å². The van der Waals surface area contributed by atoms with Gasteiger partial charge in [0.05, 0.1) is 6.26 Å². The number of hydrogen-bond donors (Lipinski definition) is 1. The van der Waals surface area contributed by atoms with Crippen molar-refractivity contribution in [2.45, 2.75) is 56.4 Å². The molecule has 1 aromatic heterocycles. The molecule has 3 heterocycles. The van der Waals surface area contributed by atoms with Gasteiger partial charge in [-0.2, -0.15) is 0 Å². The predicted molar refractivity (Wildman–Crippen MR) is 107 cm³/mol. The van der Waals surface area contributed by atoms with Gasteiger partial charge in [0.1, 0.15) is 5.76 Å². The van der Waals surface area contributed by atoms with Crippen LogP contribution in [0.1, 0.15) is 55.8 Å². The van der Waals surface area contributed by atoms with E-state index in [9.17, 15) is 9.59 Å². The quantitative estimate of drug-likeness (QED) is 0.832. The third-order valence-electron chi connectivity index (χ3n) is 6.26. The largest absolute Gasteiger partial charge is 0.469 e. The summed E-state index contributed by atoms with van der Waals surface area (Å²) in [4.78, 5) is 26.7. The van der Waals surface area contributed by atoms with E-state index in [1.807, 2.05) is 23.1 Å². The summed E-state index contributed by atoms with van der Waals surface area (Å²) < 4.78 is 5.49. The number of amides is 2. The molecule has 0 unspecified atom stereocenters. The van der Waals surface area contributed by atoms with Crippen LogP contribution in [0.3, 0.4) is 0 Å². The summed E-state index contributed by atoms with van der Waals surface area (Å²) in [7, 11) is 0. The van der Waals surface area contributed by atoms with Crippen LogP contribution >= 0.6 is 0 Å². The van der Waals surface area contributed by atoms with Crippen LogP contribution in [0.15, 0.2) is 53.1 Å². The first-order valence-electron chi connectivity index (χ1n) is 10.3. The number of nitrogens with one attached hydrogen (secondary N) is 1. The molecule has 0 spiro atoms. The maximum Gasteiger partial charge on any atom is 0.222 e. The van der Waals surface area contributed by atoms with Crippen LogP contribution in [0.5, 0.6) is 0 Å². The summed E-state index contributed by atoms with van der Waals surface area (Å²) in [6.45, 7) is 1.63. The third-order valence-corrected chi connectivity index (χ3v) is 6.26. The van der Waals surface area contributed by atoms with E-state index in [0.29, 0.717) is 31.6 Å². The van der Waals surface area contributed by atoms with E-state index in [1.54, 1.807) is 6.26 Å². The molecule has 1 N–H and O–H groups in total. The summed E-state index contributed by atoms with van der Waals surface area (Å²) >= 11 is 0. The number of carbonyl (C=O) groups excluding carboxylic acids is 2. The Morgan fingerprint density at radius 2 is 1.93 bits per heavy atom. The lowest BCUT2D eigenvalue weighted by atomic mass is 9.86. The molecule has 1 atom stereocenters. The van der Waals surface area contributed by atoms with Crippen LogP contribution < -0.4 is 5.32 Å². The molecule has 148 valence electrons. The van der Waals surface area contributed by atoms with Crippen molar-refractivity contribution in [1.29, 1.82) is 0 Å². The Bertz CT molecular complexity index is 795. The predicted octanol–water partition coefficient (Wildman–Crippen LogP) is 3.66. The molecular formula is C23H28N2O3. The van der Waals surface area contributed by atoms with Crippen LogP contribution in [-0.4, -0.2) is 35.3 Å². The zero-order valence-corrected chi connectivity index (χ0v) is 16.2. The highest BCUT2D eigenvalue weighted by atomic mass is 16.3. The number of furan rings is 1. The molecule has 4 rings (SSSR count). The normalized spacial score (nSPS) is 23.0. The SMILES string of the molecule is O=C1CC[C@](CCC(=O)N2CCC(c3ccccc3)CC2)(Cc2ccco2)N1. The second kappa shape index (κ2) is 8.21. The van der Waals surface area contributed by atoms with Crippen LogP contribution in [0.2, 0.25) is 0 Å². The second-order valence-electron chi connectivity index (χ2n) is 8.15. The van der Waals surface area contributed by atoms with Crippen LogP contribution in [0.25, 0.3) is 0 Å². The monoisotopic (exact) mass is 380 g/mol. The van der Waals surface area contributed by atoms with Crippen molar-refractivity contribution in [3.8, 4) is 0 Å². The number of piperidine rings is 1. The Morgan fingerprint density at radius 3 is 2.57 bits per heavy atom. The number of carbonyl (C=O) groups is 2. The Hall–Kier alpha value is -2.56. The lowest BCUT2D eigenvalue weighted by Gasteiger charge is -2.34. The van der Waals surface area contributed by atoms with Crippen LogP contribution in [0.4, 0.5) is 0 Å². The fourth-order valence-electron chi connectivity index (χ4n) is 4.62. The number of nitrogens with zero attached hydrogens (tertiary/aromatic N) is 1. The van der Waals surface area contributed by atoms with Crippen molar-refractivity contribution in [2.24, 2.45) is 0 Å². The van der Waals surface area contributed by atoms with Gasteiger partial charge in [0, 0.05) is 37.9 Å². The second-order valence-corrected chi connectivity index (χ2v) is 8.15. The molecule has 0 bridgehead atoms. The van der Waals surface area contributed by atoms with Gasteiger partial charge in [-0.1, -0.05) is 30.3 Å². The molecule has 2 amide bonds. The van der Waals surface area contributed by atoms with Crippen molar-refractivity contribution < 1.29 is 14.0 Å². The first-order valence-corrected chi connectivity index (χ1v) is 10.3. The molecule has 0 aliphatic carbocycles. The van der Waals surface area contributed by atoms with E-state index >= 15 is 0 Å². The van der Waals surface area contributed by atoms with Crippen LogP contribution in [-0.2, 0) is 16.0 Å². The van der Waals surface area contributed by atoms with E-state index in [1.165, 1.54) is 5.56 Å². The van der Waals surface area contributed by atoms with E-state index in [2.05, 4.69) is 29.6 Å². The fraction of sp³-hybridized carbons (Fsp3) is 0.478. The van der Waals surface area contributed by atoms with Gasteiger partial charge in [-0.25, -0.2) is 0 Å². The zero-order valence-electron chi connectivity index (χ0n) is 16.2. The number of hydrogen-bond acceptors (Lipinski definition) is 3. The minimum absolute atomic E-state index is 0.0719. The zero-order chi connectivity index (χ0) is 19.4. The van der Waals surface area contributed by atoms with Gasteiger partial charge in [-0.05, 0) is 49.3 Å². The molecule has 5 nitrogen and oxygen atoms in total. The first-order chi connectivity index (χ1) is 13.6. The summed E-state index contributed by atoms with van der Waals surface area (Å²) in [5, 5.41) is 3.12. The van der Waals surface area contributed by atoms with Crippen molar-refractivity contribution in [3.05, 3.63) is 60.1 Å². The van der Waals surface area contributed by atoms with E-state index in [0.717, 1.165) is 38.1 Å². The molecule has 0 radical (unpaired) electrons. The van der Waals surface area contributed by atoms with Gasteiger partial charge < -0.3 is 14.6 Å². The molecule has 1 aromatic carbocycles. The lowest BCUT2D eigenvalue weighted by molar-refractivity contribution is -0.133. The average Bonchev–Trinajstić information content (AvgIpc) is 3.37. The molecule has 0 saturated carbocycles. The average molecular weight is 380 g/mol. The summed E-state index contributed by atoms with van der Waals surface area (Å²) in [6.07, 6.45) is 6.76. The topological polar surface area (TPSA) is 62.6 Å². The van der Waals surface area contributed by atoms with Gasteiger partial charge in [0.25, 0.3) is 0 Å². The van der Waals surface area contributed by atoms with Crippen molar-refractivity contribution >= 4 is 11.8 Å². The van der Waals surface area contributed by atoms with E-state index < -0.39 is 0 Å². The Kier molecular flexibility index (Phi) is 5.51. The van der Waals surface area contributed by atoms with Gasteiger partial charge in [-0.3, -0.25) is 9.59 Å². The maximum absolute atomic E-state index is 12.8. The van der Waals surface area contributed by atoms with Gasteiger partial charge in [0.2, 0.25) is 11.8 Å². The maximum atomic E-state index is 12.8. The Balaban J connectivity index is 1.31. The molecule has 2 saturated heterocycles. The van der Waals surface area contributed by atoms with Crippen LogP contribution in [0, 0.1) is 0 Å².